The van der Waals surface area contributed by atoms with E-state index in [-0.39, 0.29) is 11.6 Å². The molecular weight excluding hydrogens is 373 g/mol. The molecule has 146 valence electrons. The van der Waals surface area contributed by atoms with Crippen molar-refractivity contribution in [1.29, 1.82) is 0 Å². The maximum Gasteiger partial charge on any atom is 0.471 e. The highest BCUT2D eigenvalue weighted by Gasteiger charge is 2.38. The Morgan fingerprint density at radius 2 is 1.96 bits per heavy atom. The number of alkyl halides is 3. The summed E-state index contributed by atoms with van der Waals surface area (Å²) in [4.78, 5) is 15.5. The number of ketones is 1. The molecule has 0 unspecified atom stereocenters. The molecule has 0 spiro atoms. The van der Waals surface area contributed by atoms with E-state index in [1.165, 1.54) is 12.8 Å². The van der Waals surface area contributed by atoms with Gasteiger partial charge in [0.25, 0.3) is 0 Å². The van der Waals surface area contributed by atoms with Gasteiger partial charge in [-0.15, -0.1) is 0 Å². The quantitative estimate of drug-likeness (QED) is 0.560. The zero-order valence-corrected chi connectivity index (χ0v) is 14.8. The van der Waals surface area contributed by atoms with Crippen LogP contribution in [0.1, 0.15) is 47.5 Å². The Hall–Kier alpha value is -2.97. The van der Waals surface area contributed by atoms with Crippen molar-refractivity contribution in [2.24, 2.45) is 5.92 Å². The first-order valence-electron chi connectivity index (χ1n) is 8.94. The Bertz CT molecular complexity index is 972. The first-order valence-corrected chi connectivity index (χ1v) is 8.94. The summed E-state index contributed by atoms with van der Waals surface area (Å²) in [6, 6.07) is 6.72. The highest BCUT2D eigenvalue weighted by atomic mass is 19.4. The number of carbonyl (C=O) groups excluding carboxylic acids is 1. The van der Waals surface area contributed by atoms with Crippen LogP contribution in [0.15, 0.2) is 41.2 Å². The van der Waals surface area contributed by atoms with Gasteiger partial charge in [0.05, 0.1) is 18.3 Å². The van der Waals surface area contributed by atoms with Crippen molar-refractivity contribution in [1.82, 2.24) is 19.9 Å². The number of carbonyl (C=O) groups is 1. The van der Waals surface area contributed by atoms with Gasteiger partial charge >= 0.3 is 12.1 Å². The van der Waals surface area contributed by atoms with Crippen LogP contribution in [0, 0.1) is 5.92 Å². The topological polar surface area (TPSA) is 73.8 Å². The summed E-state index contributed by atoms with van der Waals surface area (Å²) < 4.78 is 43.5. The van der Waals surface area contributed by atoms with Crippen LogP contribution in [0.5, 0.6) is 0 Å². The molecule has 28 heavy (non-hydrogen) atoms. The third kappa shape index (κ3) is 4.29. The Labute approximate surface area is 158 Å². The van der Waals surface area contributed by atoms with Crippen LogP contribution < -0.4 is 0 Å². The molecule has 1 aliphatic carbocycles. The molecule has 2 aromatic heterocycles. The van der Waals surface area contributed by atoms with Crippen LogP contribution in [-0.4, -0.2) is 25.7 Å². The maximum atomic E-state index is 12.5. The van der Waals surface area contributed by atoms with Crippen molar-refractivity contribution in [2.75, 3.05) is 0 Å². The van der Waals surface area contributed by atoms with E-state index in [1.54, 1.807) is 41.3 Å². The van der Waals surface area contributed by atoms with E-state index in [0.717, 1.165) is 12.0 Å². The van der Waals surface area contributed by atoms with Gasteiger partial charge in [-0.2, -0.15) is 23.3 Å². The zero-order chi connectivity index (χ0) is 19.7. The van der Waals surface area contributed by atoms with Crippen LogP contribution in [0.25, 0.3) is 11.4 Å². The zero-order valence-electron chi connectivity index (χ0n) is 14.8. The molecule has 0 atom stereocenters. The van der Waals surface area contributed by atoms with Crippen LogP contribution in [-0.2, 0) is 12.7 Å². The predicted molar refractivity (Wildman–Crippen MR) is 92.4 cm³/mol. The smallest absolute Gasteiger partial charge is 0.329 e. The number of rotatable bonds is 7. The number of hydrogen-bond acceptors (Lipinski definition) is 5. The molecule has 3 aromatic rings. The summed E-state index contributed by atoms with van der Waals surface area (Å²) in [5.41, 5.74) is 1.89. The highest BCUT2D eigenvalue weighted by Crippen LogP contribution is 2.34. The molecule has 0 amide bonds. The fourth-order valence-corrected chi connectivity index (χ4v) is 2.88. The van der Waals surface area contributed by atoms with Gasteiger partial charge in [0.2, 0.25) is 5.82 Å². The number of nitrogens with zero attached hydrogens (tertiary/aromatic N) is 4. The summed E-state index contributed by atoms with van der Waals surface area (Å²) in [5.74, 6) is -0.682. The lowest BCUT2D eigenvalue weighted by Gasteiger charge is -2.03. The molecule has 0 saturated heterocycles. The first-order chi connectivity index (χ1) is 13.4. The lowest BCUT2D eigenvalue weighted by Crippen LogP contribution is -2.04. The summed E-state index contributed by atoms with van der Waals surface area (Å²) in [7, 11) is 0. The van der Waals surface area contributed by atoms with E-state index in [4.69, 9.17) is 0 Å². The number of Topliss-reactive ketones (excluding diaryl/α,β-unsaturated/α-hetero) is 1. The van der Waals surface area contributed by atoms with Crippen LogP contribution in [0.4, 0.5) is 13.2 Å². The SMILES string of the molecule is O=C(CCC1CC1)c1cnn(Cc2ccc(-c3noc(C(F)(F)F)n3)cc2)c1. The van der Waals surface area contributed by atoms with Crippen molar-refractivity contribution in [3.8, 4) is 11.4 Å². The molecule has 2 heterocycles. The fraction of sp³-hybridized carbons (Fsp3) is 0.368. The van der Waals surface area contributed by atoms with Crippen molar-refractivity contribution in [3.05, 3.63) is 53.7 Å². The molecule has 1 aliphatic rings. The molecule has 0 N–H and O–H groups in total. The minimum absolute atomic E-state index is 0.103. The molecule has 1 aromatic carbocycles. The second kappa shape index (κ2) is 7.21. The van der Waals surface area contributed by atoms with Gasteiger partial charge in [0.1, 0.15) is 0 Å². The normalized spacial score (nSPS) is 14.4. The summed E-state index contributed by atoms with van der Waals surface area (Å²) in [5, 5.41) is 7.58. The molecule has 1 saturated carbocycles. The van der Waals surface area contributed by atoms with Crippen LogP contribution in [0.3, 0.4) is 0 Å². The minimum atomic E-state index is -4.67. The lowest BCUT2D eigenvalue weighted by atomic mass is 10.1. The van der Waals surface area contributed by atoms with Crippen LogP contribution >= 0.6 is 0 Å². The third-order valence-electron chi connectivity index (χ3n) is 4.66. The Morgan fingerprint density at radius 1 is 1.21 bits per heavy atom. The lowest BCUT2D eigenvalue weighted by molar-refractivity contribution is -0.159. The molecular formula is C19H17F3N4O2. The number of halogens is 3. The van der Waals surface area contributed by atoms with Gasteiger partial charge in [-0.05, 0) is 17.9 Å². The van der Waals surface area contributed by atoms with Gasteiger partial charge in [0, 0.05) is 18.2 Å². The summed E-state index contributed by atoms with van der Waals surface area (Å²) in [6.45, 7) is 0.441. The monoisotopic (exact) mass is 390 g/mol. The van der Waals surface area contributed by atoms with E-state index in [0.29, 0.717) is 30.0 Å². The average molecular weight is 390 g/mol. The second-order valence-electron chi connectivity index (χ2n) is 6.95. The van der Waals surface area contributed by atoms with Gasteiger partial charge in [0.15, 0.2) is 5.78 Å². The molecule has 0 bridgehead atoms. The van der Waals surface area contributed by atoms with Crippen molar-refractivity contribution in [2.45, 2.75) is 38.4 Å². The van der Waals surface area contributed by atoms with Gasteiger partial charge in [-0.3, -0.25) is 9.48 Å². The van der Waals surface area contributed by atoms with Crippen molar-refractivity contribution >= 4 is 5.78 Å². The van der Waals surface area contributed by atoms with Gasteiger partial charge < -0.3 is 4.52 Å². The van der Waals surface area contributed by atoms with Crippen molar-refractivity contribution in [3.63, 3.8) is 0 Å². The number of aromatic nitrogens is 4. The first kappa shape index (κ1) is 18.4. The van der Waals surface area contributed by atoms with E-state index in [9.17, 15) is 18.0 Å². The molecule has 0 aliphatic heterocycles. The molecule has 0 radical (unpaired) electrons. The second-order valence-corrected chi connectivity index (χ2v) is 6.95. The predicted octanol–water partition coefficient (Wildman–Crippen LogP) is 4.37. The Balaban J connectivity index is 1.39. The summed E-state index contributed by atoms with van der Waals surface area (Å²) in [6.07, 6.45) is 2.57. The highest BCUT2D eigenvalue weighted by molar-refractivity contribution is 5.95. The minimum Gasteiger partial charge on any atom is -0.329 e. The molecule has 4 rings (SSSR count). The van der Waals surface area contributed by atoms with Crippen LogP contribution in [0.2, 0.25) is 0 Å². The molecule has 9 heteroatoms. The summed E-state index contributed by atoms with van der Waals surface area (Å²) >= 11 is 0. The van der Waals surface area contributed by atoms with E-state index in [2.05, 4.69) is 19.8 Å². The number of benzene rings is 1. The van der Waals surface area contributed by atoms with E-state index in [1.807, 2.05) is 0 Å². The molecule has 1 fully saturated rings. The van der Waals surface area contributed by atoms with Gasteiger partial charge in [-0.25, -0.2) is 0 Å². The Kier molecular flexibility index (Phi) is 4.74. The van der Waals surface area contributed by atoms with E-state index < -0.39 is 12.1 Å². The maximum absolute atomic E-state index is 12.5. The van der Waals surface area contributed by atoms with Gasteiger partial charge in [-0.1, -0.05) is 42.3 Å². The van der Waals surface area contributed by atoms with E-state index >= 15 is 0 Å². The standard InChI is InChI=1S/C19H17F3N4O2/c20-19(21,22)18-24-17(25-28-18)14-6-3-13(4-7-14)10-26-11-15(9-23-26)16(27)8-5-12-1-2-12/h3-4,6-7,9,11-12H,1-2,5,8,10H2. The largest absolute Gasteiger partial charge is 0.471 e. The fourth-order valence-electron chi connectivity index (χ4n) is 2.88. The number of hydrogen-bond donors (Lipinski definition) is 0. The van der Waals surface area contributed by atoms with Crippen molar-refractivity contribution < 1.29 is 22.5 Å². The molecule has 6 nitrogen and oxygen atoms in total. The Morgan fingerprint density at radius 3 is 2.61 bits per heavy atom. The average Bonchev–Trinajstić information content (AvgIpc) is 3.15. The third-order valence-corrected chi connectivity index (χ3v) is 4.66.